The maximum absolute atomic E-state index is 5.85. The summed E-state index contributed by atoms with van der Waals surface area (Å²) in [7, 11) is 0. The first-order valence-corrected chi connectivity index (χ1v) is 7.96. The van der Waals surface area contributed by atoms with Crippen LogP contribution in [0.2, 0.25) is 0 Å². The molecule has 23 heavy (non-hydrogen) atoms. The van der Waals surface area contributed by atoms with E-state index in [4.69, 9.17) is 20.5 Å². The van der Waals surface area contributed by atoms with Crippen LogP contribution in [0.25, 0.3) is 0 Å². The summed E-state index contributed by atoms with van der Waals surface area (Å²) in [4.78, 5) is 4.24. The molecule has 0 unspecified atom stereocenters. The SMILES string of the molecule is CCN(N)/N=C(\N)c1ccc(OCCC(C)(C)CCOS)nc1. The van der Waals surface area contributed by atoms with Gasteiger partial charge in [0, 0.05) is 17.8 Å². The number of pyridine rings is 1. The first kappa shape index (κ1) is 19.5. The molecule has 1 aromatic heterocycles. The predicted molar refractivity (Wildman–Crippen MR) is 95.0 cm³/mol. The molecule has 0 radical (unpaired) electrons. The second kappa shape index (κ2) is 9.59. The topological polar surface area (TPSA) is 99.0 Å². The second-order valence-corrected chi connectivity index (χ2v) is 6.23. The minimum Gasteiger partial charge on any atom is -0.478 e. The number of hydrogen-bond acceptors (Lipinski definition) is 7. The minimum absolute atomic E-state index is 0.129. The summed E-state index contributed by atoms with van der Waals surface area (Å²) in [6.07, 6.45) is 3.44. The van der Waals surface area contributed by atoms with Crippen molar-refractivity contribution in [3.05, 3.63) is 23.9 Å². The standard InChI is InChI=1S/C15H27N5O2S/c1-4-20(17)19-14(16)12-5-6-13(18-11-12)21-9-7-15(2,3)8-10-22-23/h5-6,11,23H,4,7-10,17H2,1-3H3,(H2,16,19). The van der Waals surface area contributed by atoms with Gasteiger partial charge in [-0.05, 0) is 44.2 Å². The highest BCUT2D eigenvalue weighted by Crippen LogP contribution is 2.25. The van der Waals surface area contributed by atoms with Gasteiger partial charge >= 0.3 is 0 Å². The van der Waals surface area contributed by atoms with Gasteiger partial charge in [0.2, 0.25) is 5.88 Å². The zero-order chi connectivity index (χ0) is 17.3. The Kier molecular flexibility index (Phi) is 8.15. The predicted octanol–water partition coefficient (Wildman–Crippen LogP) is 1.94. The fourth-order valence-corrected chi connectivity index (χ4v) is 1.85. The first-order chi connectivity index (χ1) is 10.9. The van der Waals surface area contributed by atoms with Gasteiger partial charge in [0.25, 0.3) is 0 Å². The molecular formula is C15H27N5O2S. The molecule has 130 valence electrons. The van der Waals surface area contributed by atoms with Crippen LogP contribution < -0.4 is 16.3 Å². The Labute approximate surface area is 143 Å². The fraction of sp³-hybridized carbons (Fsp3) is 0.600. The normalized spacial score (nSPS) is 12.3. The minimum atomic E-state index is 0.129. The first-order valence-electron chi connectivity index (χ1n) is 7.60. The summed E-state index contributed by atoms with van der Waals surface area (Å²) in [6, 6.07) is 3.58. The van der Waals surface area contributed by atoms with E-state index in [-0.39, 0.29) is 5.41 Å². The van der Waals surface area contributed by atoms with Crippen molar-refractivity contribution in [2.45, 2.75) is 33.6 Å². The molecule has 1 aromatic rings. The molecule has 0 saturated carbocycles. The quantitative estimate of drug-likeness (QED) is 0.150. The molecule has 0 aromatic carbocycles. The van der Waals surface area contributed by atoms with E-state index in [1.807, 2.05) is 13.0 Å². The summed E-state index contributed by atoms with van der Waals surface area (Å²) in [5.74, 6) is 6.47. The Morgan fingerprint density at radius 1 is 1.35 bits per heavy atom. The van der Waals surface area contributed by atoms with Gasteiger partial charge in [0.15, 0.2) is 5.84 Å². The van der Waals surface area contributed by atoms with Crippen LogP contribution >= 0.6 is 12.9 Å². The molecule has 8 heteroatoms. The summed E-state index contributed by atoms with van der Waals surface area (Å²) < 4.78 is 10.5. The summed E-state index contributed by atoms with van der Waals surface area (Å²) >= 11 is 3.76. The van der Waals surface area contributed by atoms with Crippen molar-refractivity contribution in [2.24, 2.45) is 22.1 Å². The highest BCUT2D eigenvalue weighted by Gasteiger charge is 2.17. The number of nitrogens with two attached hydrogens (primary N) is 2. The Morgan fingerprint density at radius 3 is 2.61 bits per heavy atom. The molecule has 0 aliphatic rings. The van der Waals surface area contributed by atoms with Crippen LogP contribution in [0.5, 0.6) is 5.88 Å². The number of rotatable bonds is 10. The number of hydrazine groups is 1. The third kappa shape index (κ3) is 7.54. The van der Waals surface area contributed by atoms with Gasteiger partial charge in [-0.1, -0.05) is 13.8 Å². The van der Waals surface area contributed by atoms with Crippen LogP contribution in [-0.2, 0) is 4.18 Å². The van der Waals surface area contributed by atoms with Crippen LogP contribution in [0, 0.1) is 5.41 Å². The lowest BCUT2D eigenvalue weighted by Crippen LogP contribution is -2.29. The summed E-state index contributed by atoms with van der Waals surface area (Å²) in [5, 5.41) is 5.30. The van der Waals surface area contributed by atoms with Crippen molar-refractivity contribution in [3.63, 3.8) is 0 Å². The Balaban J connectivity index is 2.50. The van der Waals surface area contributed by atoms with Crippen molar-refractivity contribution in [1.29, 1.82) is 0 Å². The monoisotopic (exact) mass is 341 g/mol. The van der Waals surface area contributed by atoms with Crippen LogP contribution in [0.4, 0.5) is 0 Å². The smallest absolute Gasteiger partial charge is 0.213 e. The number of aromatic nitrogens is 1. The number of hydrazone groups is 1. The van der Waals surface area contributed by atoms with E-state index in [2.05, 4.69) is 36.8 Å². The third-order valence-corrected chi connectivity index (χ3v) is 3.67. The molecule has 0 bridgehead atoms. The van der Waals surface area contributed by atoms with E-state index in [1.54, 1.807) is 12.3 Å². The van der Waals surface area contributed by atoms with Gasteiger partial charge in [-0.15, -0.1) is 5.10 Å². The number of thiol groups is 1. The fourth-order valence-electron chi connectivity index (χ4n) is 1.76. The molecule has 7 nitrogen and oxygen atoms in total. The number of hydrogen-bond donors (Lipinski definition) is 3. The van der Waals surface area contributed by atoms with E-state index in [0.717, 1.165) is 12.8 Å². The average molecular weight is 341 g/mol. The van der Waals surface area contributed by atoms with Crippen molar-refractivity contribution in [1.82, 2.24) is 10.1 Å². The lowest BCUT2D eigenvalue weighted by molar-refractivity contribution is 0.189. The molecule has 0 amide bonds. The van der Waals surface area contributed by atoms with Crippen LogP contribution in [0.15, 0.2) is 23.4 Å². The van der Waals surface area contributed by atoms with Crippen LogP contribution in [0.1, 0.15) is 39.2 Å². The molecule has 0 atom stereocenters. The van der Waals surface area contributed by atoms with E-state index in [1.165, 1.54) is 5.12 Å². The molecule has 0 aliphatic carbocycles. The highest BCUT2D eigenvalue weighted by atomic mass is 32.1. The second-order valence-electron chi connectivity index (χ2n) is 5.97. The Morgan fingerprint density at radius 2 is 2.04 bits per heavy atom. The molecule has 0 aliphatic heterocycles. The highest BCUT2D eigenvalue weighted by molar-refractivity contribution is 7.75. The van der Waals surface area contributed by atoms with Crippen LogP contribution in [-0.4, -0.2) is 35.7 Å². The average Bonchev–Trinajstić information content (AvgIpc) is 2.53. The lowest BCUT2D eigenvalue weighted by Gasteiger charge is -2.23. The van der Waals surface area contributed by atoms with Gasteiger partial charge in [-0.2, -0.15) is 0 Å². The van der Waals surface area contributed by atoms with Crippen molar-refractivity contribution in [3.8, 4) is 5.88 Å². The maximum atomic E-state index is 5.85. The largest absolute Gasteiger partial charge is 0.478 e. The number of ether oxygens (including phenoxy) is 1. The van der Waals surface area contributed by atoms with Crippen LogP contribution in [0.3, 0.4) is 0 Å². The molecule has 1 rings (SSSR count). The van der Waals surface area contributed by atoms with Gasteiger partial charge in [0.05, 0.1) is 19.8 Å². The zero-order valence-corrected chi connectivity index (χ0v) is 14.9. The molecule has 1 heterocycles. The van der Waals surface area contributed by atoms with E-state index in [9.17, 15) is 0 Å². The number of nitrogens with zero attached hydrogens (tertiary/aromatic N) is 3. The Bertz CT molecular complexity index is 493. The molecule has 0 saturated heterocycles. The van der Waals surface area contributed by atoms with Gasteiger partial charge in [-0.25, -0.2) is 15.9 Å². The summed E-state index contributed by atoms with van der Waals surface area (Å²) in [5.41, 5.74) is 6.69. The molecule has 0 spiro atoms. The van der Waals surface area contributed by atoms with Gasteiger partial charge in [0.1, 0.15) is 0 Å². The van der Waals surface area contributed by atoms with Crippen molar-refractivity contribution in [2.75, 3.05) is 19.8 Å². The maximum Gasteiger partial charge on any atom is 0.213 e. The molecular weight excluding hydrogens is 314 g/mol. The third-order valence-electron chi connectivity index (χ3n) is 3.49. The van der Waals surface area contributed by atoms with E-state index < -0.39 is 0 Å². The van der Waals surface area contributed by atoms with Gasteiger partial charge < -0.3 is 14.7 Å². The van der Waals surface area contributed by atoms with Gasteiger partial charge in [-0.3, -0.25) is 0 Å². The van der Waals surface area contributed by atoms with Crippen molar-refractivity contribution >= 4 is 18.7 Å². The number of amidine groups is 1. The zero-order valence-electron chi connectivity index (χ0n) is 14.0. The molecule has 4 N–H and O–H groups in total. The lowest BCUT2D eigenvalue weighted by atomic mass is 9.86. The van der Waals surface area contributed by atoms with E-state index in [0.29, 0.717) is 37.0 Å². The molecule has 0 fully saturated rings. The summed E-state index contributed by atoms with van der Waals surface area (Å²) in [6.45, 7) is 8.00. The van der Waals surface area contributed by atoms with E-state index >= 15 is 0 Å². The van der Waals surface area contributed by atoms with Crippen molar-refractivity contribution < 1.29 is 8.92 Å². The Hall–Kier alpha value is -1.51.